The van der Waals surface area contributed by atoms with Crippen molar-refractivity contribution in [3.8, 4) is 0 Å². The number of benzene rings is 1. The summed E-state index contributed by atoms with van der Waals surface area (Å²) in [5.74, 6) is -1.44. The number of likely N-dealkylation sites (tertiary alicyclic amines) is 1. The van der Waals surface area contributed by atoms with Gasteiger partial charge in [-0.2, -0.15) is 0 Å². The summed E-state index contributed by atoms with van der Waals surface area (Å²) in [5.41, 5.74) is 1.23. The number of rotatable bonds is 2. The van der Waals surface area contributed by atoms with Crippen LogP contribution >= 0.6 is 15.9 Å². The maximum atomic E-state index is 12.4. The van der Waals surface area contributed by atoms with Gasteiger partial charge in [0, 0.05) is 23.0 Å². The molecule has 1 aromatic carbocycles. The smallest absolute Gasteiger partial charge is 0.326 e. The molecule has 1 aromatic rings. The van der Waals surface area contributed by atoms with Gasteiger partial charge >= 0.3 is 5.97 Å². The summed E-state index contributed by atoms with van der Waals surface area (Å²) in [6.45, 7) is 1.85. The first-order chi connectivity index (χ1) is 8.90. The molecule has 0 aliphatic carbocycles. The molecule has 1 aliphatic rings. The lowest BCUT2D eigenvalue weighted by molar-refractivity contribution is -0.141. The third-order valence-electron chi connectivity index (χ3n) is 3.25. The van der Waals surface area contributed by atoms with Crippen molar-refractivity contribution in [1.82, 2.24) is 4.90 Å². The zero-order valence-electron chi connectivity index (χ0n) is 10.3. The zero-order valence-corrected chi connectivity index (χ0v) is 11.9. The normalized spacial score (nSPS) is 22.6. The number of β-amino-alcohol motifs (C(OH)–C–C–N with tert-alkyl or cyclic N) is 1. The lowest BCUT2D eigenvalue weighted by Crippen LogP contribution is -2.40. The van der Waals surface area contributed by atoms with Gasteiger partial charge in [0.25, 0.3) is 5.91 Å². The molecule has 0 radical (unpaired) electrons. The number of nitrogens with zero attached hydrogens (tertiary/aromatic N) is 1. The highest BCUT2D eigenvalue weighted by atomic mass is 79.9. The molecule has 1 unspecified atom stereocenters. The standard InChI is InChI=1S/C13H14BrNO4/c1-7-2-3-8(14)4-10(7)12(17)15-6-9(16)5-11(15)13(18)19/h2-4,9,11,16H,5-6H2,1H3,(H,18,19)/t9?,11-/m0/s1. The molecule has 6 heteroatoms. The molecule has 19 heavy (non-hydrogen) atoms. The van der Waals surface area contributed by atoms with E-state index in [4.69, 9.17) is 5.11 Å². The van der Waals surface area contributed by atoms with Crippen molar-refractivity contribution < 1.29 is 19.8 Å². The van der Waals surface area contributed by atoms with Crippen LogP contribution in [0.5, 0.6) is 0 Å². The summed E-state index contributed by atoms with van der Waals surface area (Å²) in [5, 5.41) is 18.7. The number of aliphatic carboxylic acids is 1. The van der Waals surface area contributed by atoms with Crippen LogP contribution in [0.25, 0.3) is 0 Å². The third-order valence-corrected chi connectivity index (χ3v) is 3.75. The second-order valence-electron chi connectivity index (χ2n) is 4.66. The van der Waals surface area contributed by atoms with Gasteiger partial charge in [-0.25, -0.2) is 4.79 Å². The van der Waals surface area contributed by atoms with E-state index in [1.54, 1.807) is 19.1 Å². The molecule has 0 spiro atoms. The van der Waals surface area contributed by atoms with Gasteiger partial charge in [-0.15, -0.1) is 0 Å². The average molecular weight is 328 g/mol. The van der Waals surface area contributed by atoms with Gasteiger partial charge in [0.1, 0.15) is 6.04 Å². The van der Waals surface area contributed by atoms with Gasteiger partial charge in [-0.05, 0) is 24.6 Å². The molecular formula is C13H14BrNO4. The van der Waals surface area contributed by atoms with Crippen molar-refractivity contribution in [3.05, 3.63) is 33.8 Å². The minimum Gasteiger partial charge on any atom is -0.480 e. The van der Waals surface area contributed by atoms with Crippen LogP contribution < -0.4 is 0 Å². The Morgan fingerprint density at radius 2 is 2.11 bits per heavy atom. The van der Waals surface area contributed by atoms with Crippen LogP contribution in [-0.4, -0.2) is 45.7 Å². The second kappa shape index (κ2) is 5.30. The Balaban J connectivity index is 2.33. The van der Waals surface area contributed by atoms with E-state index in [0.29, 0.717) is 5.56 Å². The lowest BCUT2D eigenvalue weighted by Gasteiger charge is -2.22. The second-order valence-corrected chi connectivity index (χ2v) is 5.58. The van der Waals surface area contributed by atoms with Gasteiger partial charge in [0.15, 0.2) is 0 Å². The number of hydrogen-bond acceptors (Lipinski definition) is 3. The Morgan fingerprint density at radius 1 is 1.42 bits per heavy atom. The van der Waals surface area contributed by atoms with E-state index in [-0.39, 0.29) is 18.9 Å². The SMILES string of the molecule is Cc1ccc(Br)cc1C(=O)N1CC(O)C[C@H]1C(=O)O. The fraction of sp³-hybridized carbons (Fsp3) is 0.385. The summed E-state index contributed by atoms with van der Waals surface area (Å²) in [4.78, 5) is 24.8. The topological polar surface area (TPSA) is 77.8 Å². The molecule has 0 saturated carbocycles. The van der Waals surface area contributed by atoms with Crippen LogP contribution in [0, 0.1) is 6.92 Å². The van der Waals surface area contributed by atoms with E-state index >= 15 is 0 Å². The number of carboxylic acid groups (broad SMARTS) is 1. The van der Waals surface area contributed by atoms with Crippen molar-refractivity contribution >= 4 is 27.8 Å². The summed E-state index contributed by atoms with van der Waals surface area (Å²) >= 11 is 3.29. The zero-order chi connectivity index (χ0) is 14.2. The van der Waals surface area contributed by atoms with E-state index in [1.807, 2.05) is 6.07 Å². The molecule has 1 heterocycles. The molecule has 1 saturated heterocycles. The molecule has 102 valence electrons. The van der Waals surface area contributed by atoms with E-state index in [0.717, 1.165) is 10.0 Å². The number of halogens is 1. The number of amides is 1. The third kappa shape index (κ3) is 2.79. The lowest BCUT2D eigenvalue weighted by atomic mass is 10.1. The van der Waals surface area contributed by atoms with Crippen LogP contribution in [0.15, 0.2) is 22.7 Å². The summed E-state index contributed by atoms with van der Waals surface area (Å²) < 4.78 is 0.757. The maximum Gasteiger partial charge on any atom is 0.326 e. The minimum absolute atomic E-state index is 0.0573. The van der Waals surface area contributed by atoms with E-state index in [1.165, 1.54) is 4.90 Å². The molecule has 2 atom stereocenters. The highest BCUT2D eigenvalue weighted by Crippen LogP contribution is 2.24. The van der Waals surface area contributed by atoms with Crippen LogP contribution in [0.3, 0.4) is 0 Å². The first kappa shape index (κ1) is 14.0. The minimum atomic E-state index is -1.09. The Morgan fingerprint density at radius 3 is 2.74 bits per heavy atom. The highest BCUT2D eigenvalue weighted by Gasteiger charge is 2.39. The van der Waals surface area contributed by atoms with Crippen molar-refractivity contribution in [2.24, 2.45) is 0 Å². The van der Waals surface area contributed by atoms with Crippen LogP contribution in [0.1, 0.15) is 22.3 Å². The number of aliphatic hydroxyl groups is 1. The molecule has 0 aromatic heterocycles. The summed E-state index contributed by atoms with van der Waals surface area (Å²) in [6.07, 6.45) is -0.703. The first-order valence-electron chi connectivity index (χ1n) is 5.88. The number of hydrogen-bond donors (Lipinski definition) is 2. The fourth-order valence-electron chi connectivity index (χ4n) is 2.25. The van der Waals surface area contributed by atoms with E-state index < -0.39 is 18.1 Å². The molecule has 1 fully saturated rings. The van der Waals surface area contributed by atoms with E-state index in [9.17, 15) is 14.7 Å². The highest BCUT2D eigenvalue weighted by molar-refractivity contribution is 9.10. The van der Waals surface area contributed by atoms with Gasteiger partial charge in [-0.3, -0.25) is 4.79 Å². The molecule has 0 bridgehead atoms. The first-order valence-corrected chi connectivity index (χ1v) is 6.67. The Kier molecular flexibility index (Phi) is 3.91. The maximum absolute atomic E-state index is 12.4. The van der Waals surface area contributed by atoms with Crippen molar-refractivity contribution in [3.63, 3.8) is 0 Å². The van der Waals surface area contributed by atoms with Gasteiger partial charge in [-0.1, -0.05) is 22.0 Å². The van der Waals surface area contributed by atoms with E-state index in [2.05, 4.69) is 15.9 Å². The number of aliphatic hydroxyl groups excluding tert-OH is 1. The quantitative estimate of drug-likeness (QED) is 0.861. The molecule has 1 amide bonds. The Labute approximate surface area is 119 Å². The molecule has 1 aliphatic heterocycles. The number of carbonyl (C=O) groups excluding carboxylic acids is 1. The Bertz CT molecular complexity index is 531. The molecular weight excluding hydrogens is 314 g/mol. The van der Waals surface area contributed by atoms with Crippen molar-refractivity contribution in [2.75, 3.05) is 6.54 Å². The number of carbonyl (C=O) groups is 2. The van der Waals surface area contributed by atoms with Gasteiger partial charge in [0.05, 0.1) is 6.10 Å². The number of carboxylic acids is 1. The molecule has 2 N–H and O–H groups in total. The predicted molar refractivity (Wildman–Crippen MR) is 72.0 cm³/mol. The summed E-state index contributed by atoms with van der Waals surface area (Å²) in [6, 6.07) is 4.32. The van der Waals surface area contributed by atoms with Crippen LogP contribution in [0.4, 0.5) is 0 Å². The monoisotopic (exact) mass is 327 g/mol. The molecule has 5 nitrogen and oxygen atoms in total. The van der Waals surface area contributed by atoms with Crippen LogP contribution in [0.2, 0.25) is 0 Å². The summed E-state index contributed by atoms with van der Waals surface area (Å²) in [7, 11) is 0. The number of aryl methyl sites for hydroxylation is 1. The predicted octanol–water partition coefficient (Wildman–Crippen LogP) is 1.42. The van der Waals surface area contributed by atoms with Gasteiger partial charge in [0.2, 0.25) is 0 Å². The van der Waals surface area contributed by atoms with Crippen molar-refractivity contribution in [1.29, 1.82) is 0 Å². The van der Waals surface area contributed by atoms with Crippen LogP contribution in [-0.2, 0) is 4.79 Å². The van der Waals surface area contributed by atoms with Gasteiger partial charge < -0.3 is 15.1 Å². The van der Waals surface area contributed by atoms with Crippen molar-refractivity contribution in [2.45, 2.75) is 25.5 Å². The fourth-order valence-corrected chi connectivity index (χ4v) is 2.61. The molecule has 2 rings (SSSR count). The largest absolute Gasteiger partial charge is 0.480 e. The Hall–Kier alpha value is -1.40. The average Bonchev–Trinajstić information content (AvgIpc) is 2.74.